The Morgan fingerprint density at radius 2 is 2.12 bits per heavy atom. The molecule has 1 rings (SSSR count). The molecule has 2 amide bonds. The van der Waals surface area contributed by atoms with E-state index in [0.717, 1.165) is 19.4 Å². The minimum absolute atomic E-state index is 0. The molecular formula is C10H20ClN3O2. The van der Waals surface area contributed by atoms with Gasteiger partial charge in [0.25, 0.3) is 0 Å². The first-order chi connectivity index (χ1) is 7.00. The van der Waals surface area contributed by atoms with Crippen molar-refractivity contribution in [1.29, 1.82) is 0 Å². The van der Waals surface area contributed by atoms with Gasteiger partial charge in [0.1, 0.15) is 0 Å². The molecule has 2 unspecified atom stereocenters. The molecule has 1 fully saturated rings. The van der Waals surface area contributed by atoms with Crippen LogP contribution in [-0.4, -0.2) is 35.8 Å². The number of primary amides is 1. The molecule has 1 saturated heterocycles. The smallest absolute Gasteiger partial charge is 0.239 e. The molecule has 1 aliphatic rings. The standard InChI is InChI=1S/C10H19N3O2.ClH/c1-7(11)10(15)13-4-2-3-8(6-13)5-9(12)14;/h7-8H,2-6,11H2,1H3,(H2,12,14);1H. The summed E-state index contributed by atoms with van der Waals surface area (Å²) < 4.78 is 0. The van der Waals surface area contributed by atoms with E-state index in [0.29, 0.717) is 13.0 Å². The van der Waals surface area contributed by atoms with Gasteiger partial charge in [0.15, 0.2) is 0 Å². The van der Waals surface area contributed by atoms with Gasteiger partial charge in [-0.25, -0.2) is 0 Å². The van der Waals surface area contributed by atoms with Crippen LogP contribution in [0.2, 0.25) is 0 Å². The van der Waals surface area contributed by atoms with Crippen LogP contribution >= 0.6 is 12.4 Å². The number of piperidine rings is 1. The van der Waals surface area contributed by atoms with Gasteiger partial charge in [-0.1, -0.05) is 0 Å². The number of hydrogen-bond donors (Lipinski definition) is 2. The van der Waals surface area contributed by atoms with E-state index in [1.807, 2.05) is 0 Å². The van der Waals surface area contributed by atoms with E-state index in [1.165, 1.54) is 0 Å². The van der Waals surface area contributed by atoms with Gasteiger partial charge in [0.05, 0.1) is 6.04 Å². The fraction of sp³-hybridized carbons (Fsp3) is 0.800. The second-order valence-electron chi connectivity index (χ2n) is 4.25. The highest BCUT2D eigenvalue weighted by Crippen LogP contribution is 2.19. The Hall–Kier alpha value is -0.810. The van der Waals surface area contributed by atoms with Crippen LogP contribution in [0.1, 0.15) is 26.2 Å². The molecule has 0 saturated carbocycles. The van der Waals surface area contributed by atoms with Gasteiger partial charge in [0, 0.05) is 19.5 Å². The van der Waals surface area contributed by atoms with Crippen molar-refractivity contribution in [2.45, 2.75) is 32.2 Å². The quantitative estimate of drug-likeness (QED) is 0.730. The molecule has 16 heavy (non-hydrogen) atoms. The molecular weight excluding hydrogens is 230 g/mol. The topological polar surface area (TPSA) is 89.4 Å². The average molecular weight is 250 g/mol. The molecule has 4 N–H and O–H groups in total. The van der Waals surface area contributed by atoms with Crippen molar-refractivity contribution in [2.24, 2.45) is 17.4 Å². The minimum atomic E-state index is -0.461. The maximum Gasteiger partial charge on any atom is 0.239 e. The van der Waals surface area contributed by atoms with Crippen LogP contribution in [0.5, 0.6) is 0 Å². The summed E-state index contributed by atoms with van der Waals surface area (Å²) in [6, 6.07) is -0.461. The minimum Gasteiger partial charge on any atom is -0.370 e. The normalized spacial score (nSPS) is 22.1. The van der Waals surface area contributed by atoms with Crippen LogP contribution in [0.15, 0.2) is 0 Å². The van der Waals surface area contributed by atoms with Gasteiger partial charge in [-0.05, 0) is 25.7 Å². The van der Waals surface area contributed by atoms with E-state index in [9.17, 15) is 9.59 Å². The Morgan fingerprint density at radius 3 is 2.62 bits per heavy atom. The Balaban J connectivity index is 0.00000225. The molecule has 0 radical (unpaired) electrons. The number of amides is 2. The fourth-order valence-corrected chi connectivity index (χ4v) is 2.00. The zero-order valence-corrected chi connectivity index (χ0v) is 10.3. The average Bonchev–Trinajstić information content (AvgIpc) is 2.16. The molecule has 1 heterocycles. The van der Waals surface area contributed by atoms with Gasteiger partial charge < -0.3 is 16.4 Å². The summed E-state index contributed by atoms with van der Waals surface area (Å²) in [5.41, 5.74) is 10.7. The largest absolute Gasteiger partial charge is 0.370 e. The molecule has 0 aromatic heterocycles. The summed E-state index contributed by atoms with van der Waals surface area (Å²) in [5, 5.41) is 0. The van der Waals surface area contributed by atoms with Gasteiger partial charge in [-0.3, -0.25) is 9.59 Å². The number of hydrogen-bond acceptors (Lipinski definition) is 3. The summed E-state index contributed by atoms with van der Waals surface area (Å²) in [6.07, 6.45) is 2.25. The molecule has 0 aliphatic carbocycles. The summed E-state index contributed by atoms with van der Waals surface area (Å²) in [5.74, 6) is -0.127. The monoisotopic (exact) mass is 249 g/mol. The highest BCUT2D eigenvalue weighted by atomic mass is 35.5. The maximum atomic E-state index is 11.6. The second-order valence-corrected chi connectivity index (χ2v) is 4.25. The summed E-state index contributed by atoms with van der Waals surface area (Å²) in [4.78, 5) is 24.1. The van der Waals surface area contributed by atoms with E-state index < -0.39 is 6.04 Å². The van der Waals surface area contributed by atoms with Crippen molar-refractivity contribution in [1.82, 2.24) is 4.90 Å². The van der Waals surface area contributed by atoms with Gasteiger partial charge in [-0.2, -0.15) is 0 Å². The lowest BCUT2D eigenvalue weighted by atomic mass is 9.94. The van der Waals surface area contributed by atoms with Crippen LogP contribution in [0.25, 0.3) is 0 Å². The number of halogens is 1. The lowest BCUT2D eigenvalue weighted by molar-refractivity contribution is -0.134. The molecule has 0 aromatic carbocycles. The Kier molecular flexibility index (Phi) is 6.36. The van der Waals surface area contributed by atoms with E-state index in [1.54, 1.807) is 11.8 Å². The van der Waals surface area contributed by atoms with Crippen LogP contribution < -0.4 is 11.5 Å². The van der Waals surface area contributed by atoms with Crippen molar-refractivity contribution < 1.29 is 9.59 Å². The summed E-state index contributed by atoms with van der Waals surface area (Å²) in [6.45, 7) is 3.04. The first-order valence-electron chi connectivity index (χ1n) is 5.33. The molecule has 6 heteroatoms. The van der Waals surface area contributed by atoms with E-state index >= 15 is 0 Å². The Bertz CT molecular complexity index is 258. The van der Waals surface area contributed by atoms with Crippen molar-refractivity contribution in [3.8, 4) is 0 Å². The van der Waals surface area contributed by atoms with Crippen molar-refractivity contribution >= 4 is 24.2 Å². The summed E-state index contributed by atoms with van der Waals surface area (Å²) in [7, 11) is 0. The van der Waals surface area contributed by atoms with E-state index in [2.05, 4.69) is 0 Å². The predicted molar refractivity (Wildman–Crippen MR) is 64.0 cm³/mol. The van der Waals surface area contributed by atoms with Crippen LogP contribution in [0.3, 0.4) is 0 Å². The van der Waals surface area contributed by atoms with Crippen molar-refractivity contribution in [2.75, 3.05) is 13.1 Å². The zero-order chi connectivity index (χ0) is 11.4. The first kappa shape index (κ1) is 15.2. The van der Waals surface area contributed by atoms with E-state index in [-0.39, 0.29) is 30.1 Å². The van der Waals surface area contributed by atoms with Crippen molar-refractivity contribution in [3.63, 3.8) is 0 Å². The van der Waals surface area contributed by atoms with Gasteiger partial charge in [-0.15, -0.1) is 12.4 Å². The van der Waals surface area contributed by atoms with Gasteiger partial charge >= 0.3 is 0 Å². The lowest BCUT2D eigenvalue weighted by Crippen LogP contribution is -2.47. The highest BCUT2D eigenvalue weighted by Gasteiger charge is 2.25. The molecule has 94 valence electrons. The Labute approximate surface area is 102 Å². The molecule has 1 aliphatic heterocycles. The molecule has 2 atom stereocenters. The number of rotatable bonds is 3. The van der Waals surface area contributed by atoms with Crippen LogP contribution in [-0.2, 0) is 9.59 Å². The number of likely N-dealkylation sites (tertiary alicyclic amines) is 1. The third-order valence-corrected chi connectivity index (χ3v) is 2.71. The fourth-order valence-electron chi connectivity index (χ4n) is 2.00. The number of nitrogens with zero attached hydrogens (tertiary/aromatic N) is 1. The number of carbonyl (C=O) groups excluding carboxylic acids is 2. The second kappa shape index (κ2) is 6.70. The van der Waals surface area contributed by atoms with Crippen molar-refractivity contribution in [3.05, 3.63) is 0 Å². The highest BCUT2D eigenvalue weighted by molar-refractivity contribution is 5.85. The molecule has 5 nitrogen and oxygen atoms in total. The molecule has 0 aromatic rings. The van der Waals surface area contributed by atoms with E-state index in [4.69, 9.17) is 11.5 Å². The molecule has 0 spiro atoms. The lowest BCUT2D eigenvalue weighted by Gasteiger charge is -2.33. The number of carbonyl (C=O) groups is 2. The molecule has 0 bridgehead atoms. The van der Waals surface area contributed by atoms with Crippen LogP contribution in [0.4, 0.5) is 0 Å². The maximum absolute atomic E-state index is 11.6. The van der Waals surface area contributed by atoms with Crippen LogP contribution in [0, 0.1) is 5.92 Å². The third kappa shape index (κ3) is 4.37. The summed E-state index contributed by atoms with van der Waals surface area (Å²) >= 11 is 0. The Morgan fingerprint density at radius 1 is 1.50 bits per heavy atom. The zero-order valence-electron chi connectivity index (χ0n) is 9.52. The van der Waals surface area contributed by atoms with Gasteiger partial charge in [0.2, 0.25) is 11.8 Å². The third-order valence-electron chi connectivity index (χ3n) is 2.71. The SMILES string of the molecule is CC(N)C(=O)N1CCCC(CC(N)=O)C1.Cl. The number of nitrogens with two attached hydrogens (primary N) is 2. The first-order valence-corrected chi connectivity index (χ1v) is 5.33. The predicted octanol–water partition coefficient (Wildman–Crippen LogP) is -0.131.